The monoisotopic (exact) mass is 818 g/mol. The molecule has 0 bridgehead atoms. The van der Waals surface area contributed by atoms with Crippen LogP contribution in [0.3, 0.4) is 0 Å². The Balaban J connectivity index is 1.37. The predicted molar refractivity (Wildman–Crippen MR) is 269 cm³/mol. The molecule has 0 N–H and O–H groups in total. The molecule has 3 heterocycles. The number of para-hydroxylation sites is 1. The molecule has 2 nitrogen and oxygen atoms in total. The highest BCUT2D eigenvalue weighted by Gasteiger charge is 2.48. The Hall–Kier alpha value is -5.06. The van der Waals surface area contributed by atoms with Crippen LogP contribution in [0, 0.1) is 0 Å². The number of benzene rings is 6. The number of hydrogen-bond donors (Lipinski definition) is 0. The van der Waals surface area contributed by atoms with E-state index in [-0.39, 0.29) is 33.8 Å². The quantitative estimate of drug-likeness (QED) is 0.163. The van der Waals surface area contributed by atoms with Crippen LogP contribution in [-0.4, -0.2) is 6.71 Å². The second-order valence-corrected chi connectivity index (χ2v) is 23.5. The minimum absolute atomic E-state index is 0.0477. The van der Waals surface area contributed by atoms with Crippen molar-refractivity contribution < 1.29 is 0 Å². The van der Waals surface area contributed by atoms with Gasteiger partial charge in [0.25, 0.3) is 6.71 Å². The second-order valence-electron chi connectivity index (χ2n) is 22.4. The maximum atomic E-state index is 2.57. The summed E-state index contributed by atoms with van der Waals surface area (Å²) in [6.07, 6.45) is 0. The lowest BCUT2D eigenvalue weighted by Gasteiger charge is -2.45. The largest absolute Gasteiger partial charge is 0.311 e. The molecule has 2 aliphatic rings. The summed E-state index contributed by atoms with van der Waals surface area (Å²) in [5, 5.41) is 1.40. The molecular weight excluding hydrogens is 756 g/mol. The van der Waals surface area contributed by atoms with Crippen molar-refractivity contribution in [3.05, 3.63) is 161 Å². The zero-order valence-electron chi connectivity index (χ0n) is 39.0. The first-order valence-corrected chi connectivity index (χ1v) is 23.1. The number of nitrogens with zero attached hydrogens (tertiary/aromatic N) is 2. The van der Waals surface area contributed by atoms with E-state index >= 15 is 0 Å². The number of hydrogen-bond acceptors (Lipinski definition) is 3. The van der Waals surface area contributed by atoms with Gasteiger partial charge in [-0.3, -0.25) is 0 Å². The number of rotatable bonds is 4. The zero-order chi connectivity index (χ0) is 43.6. The molecule has 4 heteroatoms. The lowest BCUT2D eigenvalue weighted by molar-refractivity contribution is 0.590. The van der Waals surface area contributed by atoms with Gasteiger partial charge in [-0.05, 0) is 143 Å². The minimum Gasteiger partial charge on any atom is -0.311 e. The molecule has 0 atom stereocenters. The summed E-state index contributed by atoms with van der Waals surface area (Å²) in [5.41, 5.74) is 18.1. The van der Waals surface area contributed by atoms with Crippen molar-refractivity contribution in [3.8, 4) is 0 Å². The number of fused-ring (bicyclic) bond motifs is 6. The maximum Gasteiger partial charge on any atom is 0.259 e. The fourth-order valence-corrected chi connectivity index (χ4v) is 11.3. The average Bonchev–Trinajstić information content (AvgIpc) is 3.59. The highest BCUT2D eigenvalue weighted by atomic mass is 32.1. The van der Waals surface area contributed by atoms with Crippen molar-refractivity contribution in [1.82, 2.24) is 0 Å². The molecule has 0 amide bonds. The Labute approximate surface area is 370 Å². The molecule has 0 aliphatic carbocycles. The molecule has 61 heavy (non-hydrogen) atoms. The fourth-order valence-electron chi connectivity index (χ4n) is 9.87. The first-order chi connectivity index (χ1) is 28.5. The van der Waals surface area contributed by atoms with Gasteiger partial charge in [0.2, 0.25) is 0 Å². The third-order valence-electron chi connectivity index (χ3n) is 13.5. The highest BCUT2D eigenvalue weighted by Crippen LogP contribution is 2.49. The molecule has 0 spiro atoms. The van der Waals surface area contributed by atoms with Crippen LogP contribution in [0.2, 0.25) is 0 Å². The maximum absolute atomic E-state index is 2.57. The molecule has 310 valence electrons. The first kappa shape index (κ1) is 41.3. The Morgan fingerprint density at radius 2 is 1.00 bits per heavy atom. The first-order valence-electron chi connectivity index (χ1n) is 22.3. The van der Waals surface area contributed by atoms with Crippen LogP contribution in [-0.2, 0) is 27.1 Å². The van der Waals surface area contributed by atoms with Crippen LogP contribution in [0.4, 0.5) is 34.1 Å². The van der Waals surface area contributed by atoms with Crippen LogP contribution in [0.1, 0.15) is 130 Å². The second kappa shape index (κ2) is 14.0. The Morgan fingerprint density at radius 1 is 0.508 bits per heavy atom. The van der Waals surface area contributed by atoms with Gasteiger partial charge in [0.1, 0.15) is 0 Å². The summed E-state index contributed by atoms with van der Waals surface area (Å²) in [7, 11) is 0. The van der Waals surface area contributed by atoms with E-state index in [1.54, 1.807) is 0 Å². The van der Waals surface area contributed by atoms with Crippen molar-refractivity contribution >= 4 is 78.0 Å². The number of thiophene rings is 1. The SMILES string of the molecule is CC(C)(C)c1ccc(N(c2ccc(C(C)(C)C)cc2)c2cc3c4c(c2)C(C)(C)c2c(sc5ccc(C(C)(C)C)cc25)B4c2ccccc2N3c2ccc(C(C)(C)C)cc2)cc1. The summed E-state index contributed by atoms with van der Waals surface area (Å²) in [4.78, 5) is 5.07. The van der Waals surface area contributed by atoms with E-state index in [0.717, 1.165) is 11.4 Å². The topological polar surface area (TPSA) is 6.48 Å². The molecule has 0 radical (unpaired) electrons. The third-order valence-corrected chi connectivity index (χ3v) is 14.8. The Bertz CT molecular complexity index is 2740. The van der Waals surface area contributed by atoms with Gasteiger partial charge in [0, 0.05) is 44.2 Å². The lowest BCUT2D eigenvalue weighted by Crippen LogP contribution is -2.63. The van der Waals surface area contributed by atoms with E-state index in [2.05, 4.69) is 234 Å². The molecule has 7 aromatic rings. The zero-order valence-corrected chi connectivity index (χ0v) is 39.8. The molecule has 0 unspecified atom stereocenters. The van der Waals surface area contributed by atoms with Crippen LogP contribution >= 0.6 is 11.3 Å². The summed E-state index contributed by atoms with van der Waals surface area (Å²) < 4.78 is 2.85. The van der Waals surface area contributed by atoms with Crippen LogP contribution in [0.15, 0.2) is 127 Å². The van der Waals surface area contributed by atoms with Crippen LogP contribution in [0.5, 0.6) is 0 Å². The van der Waals surface area contributed by atoms with Crippen molar-refractivity contribution in [2.75, 3.05) is 9.80 Å². The molecule has 9 rings (SSSR count). The van der Waals surface area contributed by atoms with Crippen molar-refractivity contribution in [1.29, 1.82) is 0 Å². The fraction of sp³-hybridized carbons (Fsp3) is 0.333. The normalized spacial score (nSPS) is 14.8. The molecule has 2 aliphatic heterocycles. The molecule has 1 aromatic heterocycles. The number of anilines is 6. The van der Waals surface area contributed by atoms with Gasteiger partial charge in [-0.25, -0.2) is 0 Å². The standard InChI is InChI=1S/C57H63BN2S/c1-53(2,3)36-19-26-40(27-20-36)59(41-28-21-37(22-29-41)54(4,5)6)43-34-45-51-48(35-43)60(42-30-23-38(24-31-42)55(7,8)9)47-18-16-15-17-46(47)58(51)52-50(57(45,13)14)44-33-39(56(10,11)12)25-32-49(44)61-52/h15-35H,1-14H3. The van der Waals surface area contributed by atoms with Crippen molar-refractivity contribution in [2.45, 2.75) is 124 Å². The molecule has 6 aromatic carbocycles. The Kier molecular flexibility index (Phi) is 9.47. The summed E-state index contributed by atoms with van der Waals surface area (Å²) in [6, 6.07) is 49.5. The van der Waals surface area contributed by atoms with Gasteiger partial charge >= 0.3 is 0 Å². The van der Waals surface area contributed by atoms with Gasteiger partial charge in [-0.15, -0.1) is 11.3 Å². The molecule has 0 saturated carbocycles. The molecule has 0 saturated heterocycles. The predicted octanol–water partition coefficient (Wildman–Crippen LogP) is 14.5. The van der Waals surface area contributed by atoms with Crippen LogP contribution in [0.25, 0.3) is 10.1 Å². The minimum atomic E-state index is -0.285. The van der Waals surface area contributed by atoms with E-state index in [9.17, 15) is 0 Å². The van der Waals surface area contributed by atoms with E-state index < -0.39 is 0 Å². The average molecular weight is 819 g/mol. The summed E-state index contributed by atoms with van der Waals surface area (Å²) in [6.45, 7) is 32.8. The van der Waals surface area contributed by atoms with E-state index in [1.807, 2.05) is 11.3 Å². The van der Waals surface area contributed by atoms with E-state index in [1.165, 1.54) is 81.9 Å². The highest BCUT2D eigenvalue weighted by molar-refractivity contribution is 7.32. The van der Waals surface area contributed by atoms with Crippen LogP contribution < -0.4 is 25.5 Å². The summed E-state index contributed by atoms with van der Waals surface area (Å²) >= 11 is 2.01. The van der Waals surface area contributed by atoms with Crippen molar-refractivity contribution in [3.63, 3.8) is 0 Å². The smallest absolute Gasteiger partial charge is 0.259 e. The van der Waals surface area contributed by atoms with Gasteiger partial charge in [-0.1, -0.05) is 158 Å². The molecular formula is C57H63BN2S. The molecule has 0 fully saturated rings. The van der Waals surface area contributed by atoms with E-state index in [0.29, 0.717) is 0 Å². The van der Waals surface area contributed by atoms with E-state index in [4.69, 9.17) is 0 Å². The van der Waals surface area contributed by atoms with Crippen molar-refractivity contribution in [2.24, 2.45) is 0 Å². The summed E-state index contributed by atoms with van der Waals surface area (Å²) in [5.74, 6) is 0. The Morgan fingerprint density at radius 3 is 1.52 bits per heavy atom. The third kappa shape index (κ3) is 6.94. The van der Waals surface area contributed by atoms with Gasteiger partial charge in [0.15, 0.2) is 0 Å². The lowest BCUT2D eigenvalue weighted by atomic mass is 9.32. The van der Waals surface area contributed by atoms with Gasteiger partial charge in [-0.2, -0.15) is 0 Å². The van der Waals surface area contributed by atoms with Gasteiger partial charge < -0.3 is 9.80 Å². The van der Waals surface area contributed by atoms with Gasteiger partial charge in [0.05, 0.1) is 0 Å².